The van der Waals surface area contributed by atoms with Gasteiger partial charge in [0, 0.05) is 30.8 Å². The van der Waals surface area contributed by atoms with E-state index in [0.29, 0.717) is 35.8 Å². The molecule has 7 nitrogen and oxygen atoms in total. The van der Waals surface area contributed by atoms with Crippen molar-refractivity contribution in [2.45, 2.75) is 13.5 Å². The smallest absolute Gasteiger partial charge is 0.248 e. The summed E-state index contributed by atoms with van der Waals surface area (Å²) in [4.78, 5) is 8.72. The molecule has 0 spiro atoms. The number of aliphatic imine (C=N–C) groups is 1. The van der Waals surface area contributed by atoms with E-state index in [9.17, 15) is 0 Å². The molecular weight excluding hydrogens is 318 g/mol. The van der Waals surface area contributed by atoms with E-state index in [2.05, 4.69) is 25.8 Å². The van der Waals surface area contributed by atoms with E-state index in [1.165, 1.54) is 0 Å². The van der Waals surface area contributed by atoms with E-state index >= 15 is 0 Å². The minimum Gasteiger partial charge on any atom is -0.383 e. The molecule has 0 bridgehead atoms. The molecule has 1 aromatic carbocycles. The van der Waals surface area contributed by atoms with Crippen molar-refractivity contribution in [3.8, 4) is 11.4 Å². The van der Waals surface area contributed by atoms with Crippen LogP contribution in [-0.2, 0) is 11.3 Å². The van der Waals surface area contributed by atoms with Crippen molar-refractivity contribution < 1.29 is 9.26 Å². The van der Waals surface area contributed by atoms with E-state index in [1.54, 1.807) is 19.2 Å². The molecule has 0 saturated heterocycles. The summed E-state index contributed by atoms with van der Waals surface area (Å²) < 4.78 is 10.2. The minimum absolute atomic E-state index is 0.288. The van der Waals surface area contributed by atoms with Crippen molar-refractivity contribution in [2.75, 3.05) is 26.8 Å². The number of aromatic nitrogens is 2. The van der Waals surface area contributed by atoms with Crippen LogP contribution in [0.2, 0.25) is 5.02 Å². The van der Waals surface area contributed by atoms with Gasteiger partial charge in [-0.25, -0.2) is 4.99 Å². The maximum absolute atomic E-state index is 5.96. The molecule has 8 heteroatoms. The highest BCUT2D eigenvalue weighted by Gasteiger charge is 2.09. The van der Waals surface area contributed by atoms with Gasteiger partial charge in [-0.3, -0.25) is 0 Å². The van der Waals surface area contributed by atoms with Crippen LogP contribution >= 0.6 is 11.6 Å². The Kier molecular flexibility index (Phi) is 6.83. The Labute approximate surface area is 140 Å². The fourth-order valence-electron chi connectivity index (χ4n) is 1.82. The zero-order valence-electron chi connectivity index (χ0n) is 13.2. The number of hydrogen-bond acceptors (Lipinski definition) is 5. The predicted molar refractivity (Wildman–Crippen MR) is 89.4 cm³/mol. The largest absolute Gasteiger partial charge is 0.383 e. The lowest BCUT2D eigenvalue weighted by molar-refractivity contribution is 0.203. The van der Waals surface area contributed by atoms with Crippen LogP contribution in [0.15, 0.2) is 33.8 Å². The second-order valence-electron chi connectivity index (χ2n) is 4.64. The Hall–Kier alpha value is -2.12. The van der Waals surface area contributed by atoms with Crippen LogP contribution in [0.25, 0.3) is 11.4 Å². The molecule has 0 fully saturated rings. The van der Waals surface area contributed by atoms with Gasteiger partial charge in [0.05, 0.1) is 6.61 Å². The number of rotatable bonds is 7. The normalized spacial score (nSPS) is 11.5. The van der Waals surface area contributed by atoms with Gasteiger partial charge < -0.3 is 19.9 Å². The summed E-state index contributed by atoms with van der Waals surface area (Å²) in [7, 11) is 1.65. The lowest BCUT2D eigenvalue weighted by Gasteiger charge is -2.09. The molecule has 0 aliphatic rings. The van der Waals surface area contributed by atoms with Gasteiger partial charge in [-0.15, -0.1) is 0 Å². The average molecular weight is 338 g/mol. The maximum Gasteiger partial charge on any atom is 0.248 e. The Morgan fingerprint density at radius 1 is 1.39 bits per heavy atom. The summed E-state index contributed by atoms with van der Waals surface area (Å²) >= 11 is 5.96. The summed E-state index contributed by atoms with van der Waals surface area (Å²) in [6.45, 7) is 4.31. The Balaban J connectivity index is 2.00. The number of methoxy groups -OCH3 is 1. The molecule has 1 heterocycles. The van der Waals surface area contributed by atoms with Crippen LogP contribution in [0.5, 0.6) is 0 Å². The molecule has 23 heavy (non-hydrogen) atoms. The van der Waals surface area contributed by atoms with Crippen LogP contribution in [0.1, 0.15) is 12.8 Å². The number of ether oxygens (including phenoxy) is 1. The van der Waals surface area contributed by atoms with Gasteiger partial charge in [-0.1, -0.05) is 28.9 Å². The summed E-state index contributed by atoms with van der Waals surface area (Å²) in [6.07, 6.45) is 0. The molecule has 2 rings (SSSR count). The van der Waals surface area contributed by atoms with E-state index in [-0.39, 0.29) is 6.54 Å². The third-order valence-corrected chi connectivity index (χ3v) is 3.10. The number of guanidine groups is 1. The van der Waals surface area contributed by atoms with E-state index in [0.717, 1.165) is 12.1 Å². The van der Waals surface area contributed by atoms with E-state index in [1.807, 2.05) is 19.1 Å². The molecule has 0 atom stereocenters. The molecule has 0 unspecified atom stereocenters. The van der Waals surface area contributed by atoms with Gasteiger partial charge in [-0.05, 0) is 19.1 Å². The Morgan fingerprint density at radius 2 is 2.26 bits per heavy atom. The first kappa shape index (κ1) is 17.2. The van der Waals surface area contributed by atoms with Crippen molar-refractivity contribution in [1.82, 2.24) is 20.8 Å². The summed E-state index contributed by atoms with van der Waals surface area (Å²) in [5, 5.41) is 10.9. The fourth-order valence-corrected chi connectivity index (χ4v) is 2.01. The molecule has 0 amide bonds. The molecule has 2 aromatic rings. The number of halogens is 1. The molecular formula is C15H20ClN5O2. The van der Waals surface area contributed by atoms with E-state index < -0.39 is 0 Å². The third-order valence-electron chi connectivity index (χ3n) is 2.87. The monoisotopic (exact) mass is 337 g/mol. The minimum atomic E-state index is 0.288. The van der Waals surface area contributed by atoms with Crippen LogP contribution in [0, 0.1) is 0 Å². The first-order chi connectivity index (χ1) is 11.2. The highest BCUT2D eigenvalue weighted by atomic mass is 35.5. The quantitative estimate of drug-likeness (QED) is 0.457. The first-order valence-corrected chi connectivity index (χ1v) is 7.70. The fraction of sp³-hybridized carbons (Fsp3) is 0.400. The summed E-state index contributed by atoms with van der Waals surface area (Å²) in [6, 6.07) is 7.30. The summed E-state index contributed by atoms with van der Waals surface area (Å²) in [5.41, 5.74) is 0.807. The SMILES string of the molecule is CCNC(=NCc1nc(-c2cccc(Cl)c2)no1)NCCOC. The standard InChI is InChI=1S/C15H20ClN5O2/c1-3-17-15(18-7-8-22-2)19-10-13-20-14(21-23-13)11-5-4-6-12(16)9-11/h4-6,9H,3,7-8,10H2,1-2H3,(H2,17,18,19). The lowest BCUT2D eigenvalue weighted by atomic mass is 10.2. The number of nitrogens with zero attached hydrogens (tertiary/aromatic N) is 3. The predicted octanol–water partition coefficient (Wildman–Crippen LogP) is 2.09. The second-order valence-corrected chi connectivity index (χ2v) is 5.07. The van der Waals surface area contributed by atoms with E-state index in [4.69, 9.17) is 20.9 Å². The molecule has 0 aliphatic carbocycles. The molecule has 0 radical (unpaired) electrons. The van der Waals surface area contributed by atoms with Gasteiger partial charge >= 0.3 is 0 Å². The van der Waals surface area contributed by atoms with Crippen LogP contribution < -0.4 is 10.6 Å². The summed E-state index contributed by atoms with van der Waals surface area (Å²) in [5.74, 6) is 1.60. The van der Waals surface area contributed by atoms with Gasteiger partial charge in [0.15, 0.2) is 5.96 Å². The van der Waals surface area contributed by atoms with Crippen molar-refractivity contribution >= 4 is 17.6 Å². The topological polar surface area (TPSA) is 84.6 Å². The van der Waals surface area contributed by atoms with Gasteiger partial charge in [0.2, 0.25) is 11.7 Å². The van der Waals surface area contributed by atoms with Crippen molar-refractivity contribution in [3.63, 3.8) is 0 Å². The molecule has 1 aromatic heterocycles. The van der Waals surface area contributed by atoms with Gasteiger partial charge in [0.1, 0.15) is 6.54 Å². The van der Waals surface area contributed by atoms with Crippen molar-refractivity contribution in [1.29, 1.82) is 0 Å². The number of hydrogen-bond donors (Lipinski definition) is 2. The number of benzene rings is 1. The van der Waals surface area contributed by atoms with Crippen molar-refractivity contribution in [2.24, 2.45) is 4.99 Å². The Morgan fingerprint density at radius 3 is 3.00 bits per heavy atom. The Bertz CT molecular complexity index is 644. The third kappa shape index (κ3) is 5.54. The molecule has 2 N–H and O–H groups in total. The first-order valence-electron chi connectivity index (χ1n) is 7.32. The molecule has 0 saturated carbocycles. The molecule has 124 valence electrons. The van der Waals surface area contributed by atoms with Gasteiger partial charge in [-0.2, -0.15) is 4.98 Å². The second kappa shape index (κ2) is 9.12. The maximum atomic E-state index is 5.96. The van der Waals surface area contributed by atoms with Crippen molar-refractivity contribution in [3.05, 3.63) is 35.2 Å². The van der Waals surface area contributed by atoms with Crippen LogP contribution in [0.4, 0.5) is 0 Å². The zero-order valence-corrected chi connectivity index (χ0v) is 13.9. The van der Waals surface area contributed by atoms with Gasteiger partial charge in [0.25, 0.3) is 0 Å². The highest BCUT2D eigenvalue weighted by Crippen LogP contribution is 2.19. The highest BCUT2D eigenvalue weighted by molar-refractivity contribution is 6.30. The van der Waals surface area contributed by atoms with Crippen LogP contribution in [-0.4, -0.2) is 42.9 Å². The average Bonchev–Trinajstić information content (AvgIpc) is 3.02. The van der Waals surface area contributed by atoms with Crippen LogP contribution in [0.3, 0.4) is 0 Å². The zero-order chi connectivity index (χ0) is 16.5. The molecule has 0 aliphatic heterocycles. The number of nitrogens with one attached hydrogen (secondary N) is 2. The lowest BCUT2D eigenvalue weighted by Crippen LogP contribution is -2.38.